The van der Waals surface area contributed by atoms with Gasteiger partial charge in [0, 0.05) is 6.07 Å². The van der Waals surface area contributed by atoms with Crippen molar-refractivity contribution in [2.75, 3.05) is 11.9 Å². The molecule has 0 unspecified atom stereocenters. The molecule has 1 amide bonds. The van der Waals surface area contributed by atoms with Crippen molar-refractivity contribution in [3.8, 4) is 17.6 Å². The third kappa shape index (κ3) is 6.71. The SMILES string of the molecule is CCOc1cc(/C=C(\C#N)C(=O)Nc2ccc(C)cc2[N+](=O)[O-])cc(Br)c1OCc1cccc(C)c1. The zero-order chi connectivity index (χ0) is 26.2. The van der Waals surface area contributed by atoms with Gasteiger partial charge in [-0.15, -0.1) is 0 Å². The smallest absolute Gasteiger partial charge is 0.293 e. The minimum atomic E-state index is -0.765. The summed E-state index contributed by atoms with van der Waals surface area (Å²) in [7, 11) is 0. The predicted octanol–water partition coefficient (Wildman–Crippen LogP) is 6.50. The summed E-state index contributed by atoms with van der Waals surface area (Å²) in [6.07, 6.45) is 1.38. The number of hydrogen-bond donors (Lipinski definition) is 1. The Labute approximate surface area is 217 Å². The molecule has 184 valence electrons. The van der Waals surface area contributed by atoms with Crippen LogP contribution >= 0.6 is 15.9 Å². The summed E-state index contributed by atoms with van der Waals surface area (Å²) in [6, 6.07) is 17.6. The van der Waals surface area contributed by atoms with Gasteiger partial charge in [0.2, 0.25) is 0 Å². The summed E-state index contributed by atoms with van der Waals surface area (Å²) >= 11 is 3.50. The molecule has 0 aliphatic carbocycles. The standard InChI is InChI=1S/C27H24BrN3O5/c1-4-35-25-14-20(13-22(28)26(25)36-16-19-7-5-6-17(2)10-19)12-21(15-29)27(32)30-23-9-8-18(3)11-24(23)31(33)34/h5-14H,4,16H2,1-3H3,(H,30,32)/b21-12+. The van der Waals surface area contributed by atoms with E-state index in [2.05, 4.69) is 21.2 Å². The van der Waals surface area contributed by atoms with Crippen molar-refractivity contribution in [2.45, 2.75) is 27.4 Å². The van der Waals surface area contributed by atoms with Gasteiger partial charge in [-0.2, -0.15) is 5.26 Å². The van der Waals surface area contributed by atoms with Gasteiger partial charge in [0.05, 0.1) is 16.0 Å². The molecule has 3 aromatic rings. The monoisotopic (exact) mass is 549 g/mol. The van der Waals surface area contributed by atoms with Gasteiger partial charge in [-0.1, -0.05) is 35.9 Å². The molecule has 8 nitrogen and oxygen atoms in total. The van der Waals surface area contributed by atoms with Crippen LogP contribution in [0.25, 0.3) is 6.08 Å². The van der Waals surface area contributed by atoms with Crippen LogP contribution in [0.15, 0.2) is 64.6 Å². The summed E-state index contributed by atoms with van der Waals surface area (Å²) in [5.74, 6) is 0.171. The van der Waals surface area contributed by atoms with E-state index in [0.717, 1.165) is 11.1 Å². The molecule has 0 aromatic heterocycles. The average molecular weight is 550 g/mol. The van der Waals surface area contributed by atoms with Crippen LogP contribution in [-0.4, -0.2) is 17.4 Å². The first-order valence-electron chi connectivity index (χ1n) is 11.0. The first-order chi connectivity index (χ1) is 17.2. The first kappa shape index (κ1) is 26.4. The number of halogens is 1. The third-order valence-electron chi connectivity index (χ3n) is 5.07. The summed E-state index contributed by atoms with van der Waals surface area (Å²) in [5.41, 5.74) is 2.84. The molecule has 0 fully saturated rings. The Morgan fingerprint density at radius 3 is 2.56 bits per heavy atom. The van der Waals surface area contributed by atoms with Gasteiger partial charge in [0.15, 0.2) is 11.5 Å². The Balaban J connectivity index is 1.88. The number of amides is 1. The molecule has 1 N–H and O–H groups in total. The number of anilines is 1. The number of nitro groups is 1. The Hall–Kier alpha value is -4.16. The zero-order valence-electron chi connectivity index (χ0n) is 20.0. The lowest BCUT2D eigenvalue weighted by Gasteiger charge is -2.15. The second-order valence-corrected chi connectivity index (χ2v) is 8.80. The molecule has 3 aromatic carbocycles. The van der Waals surface area contributed by atoms with Crippen LogP contribution in [0.4, 0.5) is 11.4 Å². The van der Waals surface area contributed by atoms with Crippen LogP contribution in [0.2, 0.25) is 0 Å². The van der Waals surface area contributed by atoms with Gasteiger partial charge in [0.25, 0.3) is 11.6 Å². The second kappa shape index (κ2) is 12.0. The molecule has 0 atom stereocenters. The normalized spacial score (nSPS) is 10.9. The lowest BCUT2D eigenvalue weighted by atomic mass is 10.1. The summed E-state index contributed by atoms with van der Waals surface area (Å²) in [5, 5.41) is 23.4. The number of rotatable bonds is 9. The fourth-order valence-electron chi connectivity index (χ4n) is 3.44. The van der Waals surface area contributed by atoms with Crippen molar-refractivity contribution in [1.29, 1.82) is 5.26 Å². The van der Waals surface area contributed by atoms with Crippen molar-refractivity contribution in [3.63, 3.8) is 0 Å². The number of hydrogen-bond acceptors (Lipinski definition) is 6. The molecule has 9 heteroatoms. The number of nitriles is 1. The van der Waals surface area contributed by atoms with E-state index in [4.69, 9.17) is 9.47 Å². The number of aryl methyl sites for hydroxylation is 2. The quantitative estimate of drug-likeness (QED) is 0.141. The minimum Gasteiger partial charge on any atom is -0.490 e. The highest BCUT2D eigenvalue weighted by Crippen LogP contribution is 2.38. The number of benzene rings is 3. The number of nitro benzene ring substituents is 1. The number of carbonyl (C=O) groups is 1. The maximum Gasteiger partial charge on any atom is 0.293 e. The van der Waals surface area contributed by atoms with Crippen LogP contribution in [0.3, 0.4) is 0 Å². The van der Waals surface area contributed by atoms with Crippen LogP contribution in [0.1, 0.15) is 29.2 Å². The summed E-state index contributed by atoms with van der Waals surface area (Å²) in [4.78, 5) is 23.5. The molecule has 0 saturated carbocycles. The lowest BCUT2D eigenvalue weighted by Crippen LogP contribution is -2.14. The van der Waals surface area contributed by atoms with E-state index in [1.807, 2.05) is 44.2 Å². The van der Waals surface area contributed by atoms with Crippen LogP contribution < -0.4 is 14.8 Å². The van der Waals surface area contributed by atoms with E-state index in [1.165, 1.54) is 18.2 Å². The molecule has 0 radical (unpaired) electrons. The van der Waals surface area contributed by atoms with Crippen molar-refractivity contribution in [3.05, 3.63) is 97.0 Å². The van der Waals surface area contributed by atoms with Crippen molar-refractivity contribution in [2.24, 2.45) is 0 Å². The number of carbonyl (C=O) groups excluding carboxylic acids is 1. The van der Waals surface area contributed by atoms with Crippen LogP contribution in [-0.2, 0) is 11.4 Å². The van der Waals surface area contributed by atoms with Gasteiger partial charge in [-0.3, -0.25) is 14.9 Å². The Morgan fingerprint density at radius 2 is 1.89 bits per heavy atom. The molecule has 0 aliphatic rings. The van der Waals surface area contributed by atoms with Gasteiger partial charge in [0.1, 0.15) is 23.9 Å². The highest BCUT2D eigenvalue weighted by molar-refractivity contribution is 9.10. The molecule has 0 aliphatic heterocycles. The molecule has 0 spiro atoms. The topological polar surface area (TPSA) is 114 Å². The van der Waals surface area contributed by atoms with Gasteiger partial charge in [-0.05, 0) is 77.7 Å². The zero-order valence-corrected chi connectivity index (χ0v) is 21.6. The van der Waals surface area contributed by atoms with Crippen molar-refractivity contribution >= 4 is 39.3 Å². The molecule has 0 saturated heterocycles. The van der Waals surface area contributed by atoms with Gasteiger partial charge in [-0.25, -0.2) is 0 Å². The fourth-order valence-corrected chi connectivity index (χ4v) is 4.01. The van der Waals surface area contributed by atoms with E-state index in [-0.39, 0.29) is 16.9 Å². The molecular weight excluding hydrogens is 526 g/mol. The third-order valence-corrected chi connectivity index (χ3v) is 5.66. The molecule has 0 bridgehead atoms. The highest BCUT2D eigenvalue weighted by Gasteiger charge is 2.19. The minimum absolute atomic E-state index is 0.00725. The van der Waals surface area contributed by atoms with E-state index < -0.39 is 10.8 Å². The van der Waals surface area contributed by atoms with Crippen molar-refractivity contribution < 1.29 is 19.2 Å². The summed E-state index contributed by atoms with van der Waals surface area (Å²) < 4.78 is 12.4. The second-order valence-electron chi connectivity index (χ2n) is 7.94. The number of ether oxygens (including phenoxy) is 2. The van der Waals surface area contributed by atoms with Crippen LogP contribution in [0.5, 0.6) is 11.5 Å². The van der Waals surface area contributed by atoms with Gasteiger partial charge >= 0.3 is 0 Å². The van der Waals surface area contributed by atoms with E-state index >= 15 is 0 Å². The Kier molecular flexibility index (Phi) is 8.81. The largest absolute Gasteiger partial charge is 0.490 e. The van der Waals surface area contributed by atoms with Crippen LogP contribution in [0, 0.1) is 35.3 Å². The first-order valence-corrected chi connectivity index (χ1v) is 11.8. The predicted molar refractivity (Wildman–Crippen MR) is 141 cm³/mol. The van der Waals surface area contributed by atoms with E-state index in [9.17, 15) is 20.2 Å². The maximum atomic E-state index is 12.8. The van der Waals surface area contributed by atoms with E-state index in [0.29, 0.717) is 40.3 Å². The molecule has 0 heterocycles. The average Bonchev–Trinajstić information content (AvgIpc) is 2.83. The Morgan fingerprint density at radius 1 is 1.14 bits per heavy atom. The lowest BCUT2D eigenvalue weighted by molar-refractivity contribution is -0.384. The molecular formula is C27H24BrN3O5. The highest BCUT2D eigenvalue weighted by atomic mass is 79.9. The van der Waals surface area contributed by atoms with E-state index in [1.54, 1.807) is 25.1 Å². The maximum absolute atomic E-state index is 12.8. The fraction of sp³-hybridized carbons (Fsp3) is 0.185. The number of nitrogens with one attached hydrogen (secondary N) is 1. The Bertz CT molecular complexity index is 1380. The van der Waals surface area contributed by atoms with Crippen molar-refractivity contribution in [1.82, 2.24) is 0 Å². The van der Waals surface area contributed by atoms with Gasteiger partial charge < -0.3 is 14.8 Å². The molecule has 36 heavy (non-hydrogen) atoms. The summed E-state index contributed by atoms with van der Waals surface area (Å²) in [6.45, 7) is 6.26. The molecule has 3 rings (SSSR count). The number of nitrogens with zero attached hydrogens (tertiary/aromatic N) is 2.